The molecule has 0 bridgehead atoms. The first-order valence-electron chi connectivity index (χ1n) is 6.07. The van der Waals surface area contributed by atoms with Gasteiger partial charge in [-0.1, -0.05) is 12.8 Å². The lowest BCUT2D eigenvalue weighted by Gasteiger charge is -2.26. The molecule has 1 fully saturated rings. The van der Waals surface area contributed by atoms with Gasteiger partial charge in [-0.25, -0.2) is 0 Å². The van der Waals surface area contributed by atoms with Crippen molar-refractivity contribution >= 4 is 11.9 Å². The molecular weight excluding hydrogens is 265 g/mol. The molecule has 1 rings (SSSR count). The van der Waals surface area contributed by atoms with Crippen molar-refractivity contribution in [3.8, 4) is 0 Å². The number of halogens is 3. The van der Waals surface area contributed by atoms with Gasteiger partial charge in [0.15, 0.2) is 0 Å². The van der Waals surface area contributed by atoms with Gasteiger partial charge in [0.05, 0.1) is 13.1 Å². The van der Waals surface area contributed by atoms with Crippen molar-refractivity contribution in [3.05, 3.63) is 0 Å². The molecule has 0 unspecified atom stereocenters. The summed E-state index contributed by atoms with van der Waals surface area (Å²) in [5, 5.41) is 10.5. The topological polar surface area (TPSA) is 69.6 Å². The number of alkyl halides is 3. The first-order chi connectivity index (χ1) is 8.78. The van der Waals surface area contributed by atoms with Gasteiger partial charge in [-0.15, -0.1) is 0 Å². The maximum Gasteiger partial charge on any atom is 0.405 e. The molecule has 0 aromatic carbocycles. The van der Waals surface area contributed by atoms with Crippen LogP contribution in [0.15, 0.2) is 0 Å². The fourth-order valence-electron chi connectivity index (χ4n) is 2.20. The minimum atomic E-state index is -4.46. The van der Waals surface area contributed by atoms with E-state index in [1.165, 1.54) is 4.90 Å². The predicted molar refractivity (Wildman–Crippen MR) is 60.5 cm³/mol. The minimum Gasteiger partial charge on any atom is -0.480 e. The van der Waals surface area contributed by atoms with Crippen molar-refractivity contribution in [1.29, 1.82) is 0 Å². The van der Waals surface area contributed by atoms with E-state index in [9.17, 15) is 22.8 Å². The van der Waals surface area contributed by atoms with Crippen LogP contribution in [-0.2, 0) is 9.59 Å². The maximum atomic E-state index is 11.9. The quantitative estimate of drug-likeness (QED) is 0.762. The van der Waals surface area contributed by atoms with Crippen molar-refractivity contribution in [2.45, 2.75) is 37.9 Å². The Kier molecular flexibility index (Phi) is 5.59. The zero-order valence-corrected chi connectivity index (χ0v) is 10.4. The molecule has 5 nitrogen and oxygen atoms in total. The molecule has 8 heteroatoms. The third-order valence-electron chi connectivity index (χ3n) is 3.01. The van der Waals surface area contributed by atoms with E-state index in [-0.39, 0.29) is 19.1 Å². The fourth-order valence-corrected chi connectivity index (χ4v) is 2.20. The van der Waals surface area contributed by atoms with E-state index in [1.807, 2.05) is 0 Å². The van der Waals surface area contributed by atoms with Crippen molar-refractivity contribution in [1.82, 2.24) is 10.2 Å². The molecule has 0 saturated heterocycles. The van der Waals surface area contributed by atoms with Crippen molar-refractivity contribution in [3.63, 3.8) is 0 Å². The summed E-state index contributed by atoms with van der Waals surface area (Å²) in [6, 6.07) is -0.0345. The van der Waals surface area contributed by atoms with Crippen LogP contribution in [0.4, 0.5) is 13.2 Å². The summed E-state index contributed by atoms with van der Waals surface area (Å²) in [6.45, 7) is -2.03. The largest absolute Gasteiger partial charge is 0.480 e. The third-order valence-corrected chi connectivity index (χ3v) is 3.01. The molecule has 0 atom stereocenters. The van der Waals surface area contributed by atoms with Gasteiger partial charge >= 0.3 is 12.1 Å². The van der Waals surface area contributed by atoms with E-state index in [0.717, 1.165) is 25.7 Å². The zero-order valence-electron chi connectivity index (χ0n) is 10.4. The van der Waals surface area contributed by atoms with E-state index in [0.29, 0.717) is 0 Å². The number of amides is 1. The Morgan fingerprint density at radius 3 is 2.26 bits per heavy atom. The van der Waals surface area contributed by atoms with E-state index < -0.39 is 24.6 Å². The average molecular weight is 282 g/mol. The average Bonchev–Trinajstić information content (AvgIpc) is 2.77. The van der Waals surface area contributed by atoms with Gasteiger partial charge in [-0.2, -0.15) is 13.2 Å². The lowest BCUT2D eigenvalue weighted by molar-refractivity contribution is -0.142. The number of hydrogen-bond acceptors (Lipinski definition) is 3. The highest BCUT2D eigenvalue weighted by Crippen LogP contribution is 2.23. The summed E-state index contributed by atoms with van der Waals surface area (Å²) in [5.41, 5.74) is 0. The van der Waals surface area contributed by atoms with E-state index >= 15 is 0 Å². The number of nitrogens with one attached hydrogen (secondary N) is 1. The van der Waals surface area contributed by atoms with E-state index in [1.54, 1.807) is 5.32 Å². The van der Waals surface area contributed by atoms with Crippen LogP contribution in [0.2, 0.25) is 0 Å². The number of carboxylic acids is 1. The Labute approximate surface area is 108 Å². The molecule has 0 spiro atoms. The van der Waals surface area contributed by atoms with Gasteiger partial charge in [0.2, 0.25) is 5.91 Å². The Morgan fingerprint density at radius 2 is 1.79 bits per heavy atom. The van der Waals surface area contributed by atoms with Crippen LogP contribution >= 0.6 is 0 Å². The van der Waals surface area contributed by atoms with Crippen LogP contribution in [0.5, 0.6) is 0 Å². The number of carbonyl (C=O) groups excluding carboxylic acids is 1. The zero-order chi connectivity index (χ0) is 14.5. The van der Waals surface area contributed by atoms with Crippen LogP contribution in [0, 0.1) is 0 Å². The summed E-state index contributed by atoms with van der Waals surface area (Å²) >= 11 is 0. The molecule has 1 saturated carbocycles. The van der Waals surface area contributed by atoms with Crippen molar-refractivity contribution in [2.24, 2.45) is 0 Å². The number of nitrogens with zero attached hydrogens (tertiary/aromatic N) is 1. The fraction of sp³-hybridized carbons (Fsp3) is 0.818. The highest BCUT2D eigenvalue weighted by Gasteiger charge is 2.30. The molecule has 1 amide bonds. The molecule has 110 valence electrons. The summed E-state index contributed by atoms with van der Waals surface area (Å²) in [7, 11) is 0. The summed E-state index contributed by atoms with van der Waals surface area (Å²) in [4.78, 5) is 23.5. The second-order valence-electron chi connectivity index (χ2n) is 4.63. The number of hydrogen-bond donors (Lipinski definition) is 2. The van der Waals surface area contributed by atoms with Gasteiger partial charge in [-0.3, -0.25) is 14.5 Å². The highest BCUT2D eigenvalue weighted by molar-refractivity contribution is 5.79. The molecule has 0 aromatic rings. The molecule has 0 aromatic heterocycles. The number of carboxylic acid groups (broad SMARTS) is 1. The highest BCUT2D eigenvalue weighted by atomic mass is 19.4. The van der Waals surface area contributed by atoms with Gasteiger partial charge < -0.3 is 10.4 Å². The summed E-state index contributed by atoms with van der Waals surface area (Å²) in [5.74, 6) is -1.89. The summed E-state index contributed by atoms with van der Waals surface area (Å²) in [6.07, 6.45) is -1.00. The van der Waals surface area contributed by atoms with Crippen LogP contribution < -0.4 is 5.32 Å². The number of carbonyl (C=O) groups is 2. The van der Waals surface area contributed by atoms with E-state index in [2.05, 4.69) is 0 Å². The molecule has 0 radical (unpaired) electrons. The predicted octanol–water partition coefficient (Wildman–Crippen LogP) is 0.994. The van der Waals surface area contributed by atoms with Crippen molar-refractivity contribution in [2.75, 3.05) is 19.6 Å². The Hall–Kier alpha value is -1.31. The van der Waals surface area contributed by atoms with Crippen molar-refractivity contribution < 1.29 is 27.9 Å². The molecule has 0 heterocycles. The minimum absolute atomic E-state index is 0.0345. The molecule has 2 N–H and O–H groups in total. The Balaban J connectivity index is 2.46. The lowest BCUT2D eigenvalue weighted by Crippen LogP contribution is -2.46. The molecular formula is C11H17F3N2O3. The van der Waals surface area contributed by atoms with Gasteiger partial charge in [0, 0.05) is 6.04 Å². The second-order valence-corrected chi connectivity index (χ2v) is 4.63. The van der Waals surface area contributed by atoms with Crippen LogP contribution in [-0.4, -0.2) is 53.7 Å². The number of rotatable bonds is 6. The number of aliphatic carboxylic acids is 1. The molecule has 0 aliphatic heterocycles. The SMILES string of the molecule is O=C(O)CN(CC(=O)NCC(F)(F)F)C1CCCC1. The molecule has 1 aliphatic rings. The first kappa shape index (κ1) is 15.7. The van der Waals surface area contributed by atoms with Gasteiger partial charge in [0.25, 0.3) is 0 Å². The third kappa shape index (κ3) is 6.42. The molecule has 19 heavy (non-hydrogen) atoms. The van der Waals surface area contributed by atoms with E-state index in [4.69, 9.17) is 5.11 Å². The van der Waals surface area contributed by atoms with Crippen LogP contribution in [0.3, 0.4) is 0 Å². The summed E-state index contributed by atoms with van der Waals surface area (Å²) < 4.78 is 35.8. The second kappa shape index (κ2) is 6.74. The first-order valence-corrected chi connectivity index (χ1v) is 6.07. The van der Waals surface area contributed by atoms with Gasteiger partial charge in [-0.05, 0) is 12.8 Å². The lowest BCUT2D eigenvalue weighted by atomic mass is 10.2. The normalized spacial score (nSPS) is 16.8. The standard InChI is InChI=1S/C11H17F3N2O3/c12-11(13,14)7-15-9(17)5-16(6-10(18)19)8-3-1-2-4-8/h8H,1-7H2,(H,15,17)(H,18,19). The maximum absolute atomic E-state index is 11.9. The monoisotopic (exact) mass is 282 g/mol. The van der Waals surface area contributed by atoms with Crippen LogP contribution in [0.25, 0.3) is 0 Å². The Bertz CT molecular complexity index is 328. The Morgan fingerprint density at radius 1 is 1.21 bits per heavy atom. The van der Waals surface area contributed by atoms with Crippen LogP contribution in [0.1, 0.15) is 25.7 Å². The van der Waals surface area contributed by atoms with Gasteiger partial charge in [0.1, 0.15) is 6.54 Å². The smallest absolute Gasteiger partial charge is 0.405 e. The molecule has 1 aliphatic carbocycles.